The van der Waals surface area contributed by atoms with Gasteiger partial charge in [0.2, 0.25) is 0 Å². The summed E-state index contributed by atoms with van der Waals surface area (Å²) in [6.07, 6.45) is -0.640. The molecule has 0 aromatic carbocycles. The highest BCUT2D eigenvalue weighted by Gasteiger charge is 2.18. The van der Waals surface area contributed by atoms with Crippen LogP contribution in [0.25, 0.3) is 0 Å². The molecule has 0 unspecified atom stereocenters. The lowest BCUT2D eigenvalue weighted by atomic mass is 10.2. The van der Waals surface area contributed by atoms with Gasteiger partial charge in [-0.3, -0.25) is 4.79 Å². The van der Waals surface area contributed by atoms with Crippen molar-refractivity contribution in [3.8, 4) is 0 Å². The lowest BCUT2D eigenvalue weighted by Crippen LogP contribution is -2.40. The predicted octanol–water partition coefficient (Wildman–Crippen LogP) is 1.18. The highest BCUT2D eigenvalue weighted by atomic mass is 16.6. The summed E-state index contributed by atoms with van der Waals surface area (Å²) < 4.78 is 4.90. The van der Waals surface area contributed by atoms with E-state index < -0.39 is 23.5 Å². The summed E-state index contributed by atoms with van der Waals surface area (Å²) in [5.41, 5.74) is -0.568. The molecule has 0 saturated carbocycles. The fourth-order valence-corrected chi connectivity index (χ4v) is 0.555. The van der Waals surface area contributed by atoms with E-state index in [2.05, 4.69) is 5.32 Å². The molecule has 0 aliphatic rings. The van der Waals surface area contributed by atoms with E-state index >= 15 is 0 Å². The topological polar surface area (TPSA) is 55.4 Å². The molecule has 0 heterocycles. The van der Waals surface area contributed by atoms with Gasteiger partial charge in [0, 0.05) is 6.92 Å². The Balaban J connectivity index is 3.96. The van der Waals surface area contributed by atoms with Crippen molar-refractivity contribution in [1.29, 1.82) is 0 Å². The van der Waals surface area contributed by atoms with Crippen molar-refractivity contribution >= 4 is 11.9 Å². The molecule has 0 aromatic heterocycles. The number of alkyl carbamates (subject to hydrolysis) is 1. The molecule has 4 nitrogen and oxygen atoms in total. The van der Waals surface area contributed by atoms with Gasteiger partial charge in [-0.1, -0.05) is 0 Å². The van der Waals surface area contributed by atoms with Gasteiger partial charge in [-0.15, -0.1) is 0 Å². The first-order valence-corrected chi connectivity index (χ1v) is 4.01. The Morgan fingerprint density at radius 2 is 1.85 bits per heavy atom. The number of rotatable bonds is 2. The minimum atomic E-state index is -0.713. The molecule has 0 spiro atoms. The van der Waals surface area contributed by atoms with Gasteiger partial charge in [-0.05, 0) is 27.7 Å². The first-order chi connectivity index (χ1) is 5.72. The molecule has 1 atom stereocenters. The molecule has 0 saturated heterocycles. The van der Waals surface area contributed by atoms with Gasteiger partial charge < -0.3 is 10.1 Å². The van der Waals surface area contributed by atoms with Crippen molar-refractivity contribution < 1.29 is 14.3 Å². The zero-order valence-corrected chi connectivity index (χ0v) is 8.38. The molecule has 1 amide bonds. The smallest absolute Gasteiger partial charge is 0.408 e. The molecule has 13 heavy (non-hydrogen) atoms. The van der Waals surface area contributed by atoms with Crippen molar-refractivity contribution in [3.63, 3.8) is 0 Å². The van der Waals surface area contributed by atoms with Crippen LogP contribution in [-0.4, -0.2) is 23.5 Å². The van der Waals surface area contributed by atoms with Gasteiger partial charge in [0.25, 0.3) is 0 Å². The first-order valence-electron chi connectivity index (χ1n) is 4.01. The maximum Gasteiger partial charge on any atom is 0.408 e. The molecule has 1 N–H and O–H groups in total. The second-order valence-corrected chi connectivity index (χ2v) is 3.77. The number of Topliss-reactive ketones (excluding diaryl/α,β-unsaturated/α-hetero) is 1. The van der Waals surface area contributed by atoms with Gasteiger partial charge >= 0.3 is 6.09 Å². The highest BCUT2D eigenvalue weighted by Crippen LogP contribution is 2.06. The van der Waals surface area contributed by atoms with Crippen LogP contribution in [-0.2, 0) is 9.53 Å². The maximum absolute atomic E-state index is 11.0. The van der Waals surface area contributed by atoms with Gasteiger partial charge in [0.1, 0.15) is 5.60 Å². The van der Waals surface area contributed by atoms with Crippen molar-refractivity contribution in [1.82, 2.24) is 5.32 Å². The van der Waals surface area contributed by atoms with Crippen LogP contribution in [0.15, 0.2) is 0 Å². The molecule has 0 bridgehead atoms. The molecule has 0 rings (SSSR count). The Labute approximate surface area is 78.6 Å². The van der Waals surface area contributed by atoms with Crippen LogP contribution in [0.5, 0.6) is 0 Å². The molecule has 4 heteroatoms. The zero-order chi connectivity index (χ0) is 10.6. The van der Waals surface area contributed by atoms with E-state index in [1.807, 2.05) is 0 Å². The van der Waals surface area contributed by atoms with Crippen LogP contribution in [0.1, 0.15) is 27.7 Å². The summed E-state index contributed by atoms with van der Waals surface area (Å²) in [6, 6.07) is -0.713. The number of hydrogen-bond donors (Lipinski definition) is 1. The molecule has 2 radical (unpaired) electrons. The molecular weight excluding hydrogens is 170 g/mol. The van der Waals surface area contributed by atoms with Crippen molar-refractivity contribution in [2.24, 2.45) is 0 Å². The zero-order valence-electron chi connectivity index (χ0n) is 8.38. The lowest BCUT2D eigenvalue weighted by molar-refractivity contribution is -0.116. The molecule has 0 aliphatic carbocycles. The van der Waals surface area contributed by atoms with E-state index in [-0.39, 0.29) is 0 Å². The van der Waals surface area contributed by atoms with E-state index in [4.69, 9.17) is 11.7 Å². The maximum atomic E-state index is 11.0. The van der Waals surface area contributed by atoms with E-state index in [1.165, 1.54) is 6.92 Å². The number of carbonyl (C=O) groups is 2. The number of nitrogens with one attached hydrogen (secondary N) is 1. The van der Waals surface area contributed by atoms with Gasteiger partial charge in [-0.2, -0.15) is 0 Å². The second kappa shape index (κ2) is 4.25. The number of ketones is 1. The van der Waals surface area contributed by atoms with Crippen LogP contribution in [0.3, 0.4) is 0 Å². The molecule has 0 fully saturated rings. The SMILES string of the molecule is [CH]C(=O)[C@H](C)NC(=O)OC(C)(C)C. The number of carbonyl (C=O) groups excluding carboxylic acids is 2. The van der Waals surface area contributed by atoms with Crippen LogP contribution in [0.2, 0.25) is 0 Å². The van der Waals surface area contributed by atoms with Crippen LogP contribution in [0.4, 0.5) is 4.79 Å². The van der Waals surface area contributed by atoms with E-state index in [0.717, 1.165) is 0 Å². The molecule has 0 aliphatic heterocycles. The van der Waals surface area contributed by atoms with Crippen molar-refractivity contribution in [2.75, 3.05) is 0 Å². The van der Waals surface area contributed by atoms with E-state index in [0.29, 0.717) is 0 Å². The van der Waals surface area contributed by atoms with E-state index in [1.54, 1.807) is 20.8 Å². The Kier molecular flexibility index (Phi) is 3.91. The van der Waals surface area contributed by atoms with Crippen LogP contribution in [0, 0.1) is 6.92 Å². The van der Waals surface area contributed by atoms with Crippen molar-refractivity contribution in [2.45, 2.75) is 39.3 Å². The minimum Gasteiger partial charge on any atom is -0.444 e. The van der Waals surface area contributed by atoms with Gasteiger partial charge in [0.15, 0.2) is 5.78 Å². The third-order valence-electron chi connectivity index (χ3n) is 1.16. The van der Waals surface area contributed by atoms with Crippen LogP contribution >= 0.6 is 0 Å². The van der Waals surface area contributed by atoms with Crippen molar-refractivity contribution in [3.05, 3.63) is 6.92 Å². The molecule has 0 aromatic rings. The number of hydrogen-bond acceptors (Lipinski definition) is 3. The Hall–Kier alpha value is -1.06. The molecule has 74 valence electrons. The third-order valence-corrected chi connectivity index (χ3v) is 1.16. The second-order valence-electron chi connectivity index (χ2n) is 3.77. The predicted molar refractivity (Wildman–Crippen MR) is 48.1 cm³/mol. The third kappa shape index (κ3) is 6.13. The molecular formula is C9H15NO3. The number of amides is 1. The van der Waals surface area contributed by atoms with Gasteiger partial charge in [0.05, 0.1) is 6.04 Å². The fraction of sp³-hybridized carbons (Fsp3) is 0.667. The summed E-state index contributed by atoms with van der Waals surface area (Å²) in [5, 5.41) is 2.30. The van der Waals surface area contributed by atoms with Gasteiger partial charge in [-0.25, -0.2) is 4.79 Å². The lowest BCUT2D eigenvalue weighted by Gasteiger charge is -2.20. The normalized spacial score (nSPS) is 13.3. The average Bonchev–Trinajstić information content (AvgIpc) is 1.81. The number of ether oxygens (including phenoxy) is 1. The Morgan fingerprint density at radius 1 is 1.38 bits per heavy atom. The Bertz CT molecular complexity index is 205. The van der Waals surface area contributed by atoms with Crippen LogP contribution < -0.4 is 5.32 Å². The summed E-state index contributed by atoms with van der Waals surface area (Å²) >= 11 is 0. The standard InChI is InChI=1S/C9H15NO3/c1-6(7(2)11)10-8(12)13-9(3,4)5/h2,6H,1,3-5H3,(H,10,12)/t6-/m0/s1. The summed E-state index contributed by atoms with van der Waals surface area (Å²) in [7, 11) is 0. The summed E-state index contributed by atoms with van der Waals surface area (Å²) in [5.74, 6) is -0.592. The quantitative estimate of drug-likeness (QED) is 0.702. The minimum absolute atomic E-state index is 0.568. The Morgan fingerprint density at radius 3 is 2.15 bits per heavy atom. The summed E-state index contributed by atoms with van der Waals surface area (Å²) in [4.78, 5) is 21.6. The highest BCUT2D eigenvalue weighted by molar-refractivity contribution is 5.90. The first kappa shape index (κ1) is 11.9. The fourth-order valence-electron chi connectivity index (χ4n) is 0.555. The largest absolute Gasteiger partial charge is 0.444 e. The summed E-state index contributed by atoms with van der Waals surface area (Å²) in [6.45, 7) is 11.6. The monoisotopic (exact) mass is 185 g/mol. The van der Waals surface area contributed by atoms with E-state index in [9.17, 15) is 9.59 Å². The average molecular weight is 185 g/mol.